The van der Waals surface area contributed by atoms with Crippen LogP contribution in [0.1, 0.15) is 25.7 Å². The third-order valence-corrected chi connectivity index (χ3v) is 4.05. The van der Waals surface area contributed by atoms with Crippen LogP contribution in [0.25, 0.3) is 0 Å². The Bertz CT molecular complexity index is 386. The summed E-state index contributed by atoms with van der Waals surface area (Å²) in [6.07, 6.45) is 5.29. The summed E-state index contributed by atoms with van der Waals surface area (Å²) in [5, 5.41) is 3.35. The summed E-state index contributed by atoms with van der Waals surface area (Å²) in [5.41, 5.74) is 0. The van der Waals surface area contributed by atoms with Gasteiger partial charge in [-0.2, -0.15) is 0 Å². The van der Waals surface area contributed by atoms with Crippen LogP contribution >= 0.6 is 15.9 Å². The largest absolute Gasteiger partial charge is 0.491 e. The molecule has 2 unspecified atom stereocenters. The first-order chi connectivity index (χ1) is 9.29. The summed E-state index contributed by atoms with van der Waals surface area (Å²) in [4.78, 5) is 0. The maximum Gasteiger partial charge on any atom is 0.120 e. The molecule has 0 bridgehead atoms. The highest BCUT2D eigenvalue weighted by Gasteiger charge is 2.23. The Morgan fingerprint density at radius 2 is 2.11 bits per heavy atom. The second-order valence-corrected chi connectivity index (χ2v) is 5.81. The average Bonchev–Trinajstić information content (AvgIpc) is 2.44. The second kappa shape index (κ2) is 7.88. The minimum absolute atomic E-state index is 0.338. The molecule has 2 rings (SSSR count). The van der Waals surface area contributed by atoms with E-state index in [9.17, 15) is 0 Å². The predicted octanol–water partition coefficient (Wildman–Crippen LogP) is 3.38. The zero-order valence-corrected chi connectivity index (χ0v) is 13.0. The van der Waals surface area contributed by atoms with Gasteiger partial charge >= 0.3 is 0 Å². The van der Waals surface area contributed by atoms with Gasteiger partial charge in [0, 0.05) is 10.5 Å². The molecule has 0 radical (unpaired) electrons. The van der Waals surface area contributed by atoms with E-state index in [1.165, 1.54) is 19.3 Å². The van der Waals surface area contributed by atoms with Crippen LogP contribution in [0.2, 0.25) is 0 Å². The van der Waals surface area contributed by atoms with Gasteiger partial charge in [-0.1, -0.05) is 34.8 Å². The van der Waals surface area contributed by atoms with E-state index in [2.05, 4.69) is 21.2 Å². The van der Waals surface area contributed by atoms with Crippen LogP contribution in [-0.4, -0.2) is 32.4 Å². The predicted molar refractivity (Wildman–Crippen MR) is 80.7 cm³/mol. The Hall–Kier alpha value is -0.580. The third kappa shape index (κ3) is 4.79. The van der Waals surface area contributed by atoms with Crippen molar-refractivity contribution in [3.63, 3.8) is 0 Å². The third-order valence-electron chi connectivity index (χ3n) is 3.55. The normalized spacial score (nSPS) is 23.3. The van der Waals surface area contributed by atoms with Crippen molar-refractivity contribution < 1.29 is 9.47 Å². The van der Waals surface area contributed by atoms with Crippen molar-refractivity contribution in [3.05, 3.63) is 28.7 Å². The van der Waals surface area contributed by atoms with E-state index in [-0.39, 0.29) is 0 Å². The zero-order chi connectivity index (χ0) is 13.5. The summed E-state index contributed by atoms with van der Waals surface area (Å²) in [6.45, 7) is 1.25. The molecule has 0 saturated heterocycles. The molecular formula is C15H22BrNO2. The minimum Gasteiger partial charge on any atom is -0.491 e. The molecule has 4 heteroatoms. The second-order valence-electron chi connectivity index (χ2n) is 4.89. The number of halogens is 1. The molecule has 0 spiro atoms. The Kier molecular flexibility index (Phi) is 6.14. The number of ether oxygens (including phenoxy) is 2. The molecule has 1 aliphatic rings. The minimum atomic E-state index is 0.338. The summed E-state index contributed by atoms with van der Waals surface area (Å²) in [6, 6.07) is 8.39. The lowest BCUT2D eigenvalue weighted by Gasteiger charge is -2.31. The Morgan fingerprint density at radius 1 is 1.26 bits per heavy atom. The molecule has 0 aliphatic heterocycles. The van der Waals surface area contributed by atoms with E-state index in [0.717, 1.165) is 16.6 Å². The van der Waals surface area contributed by atoms with Gasteiger partial charge in [-0.15, -0.1) is 0 Å². The fourth-order valence-corrected chi connectivity index (χ4v) is 2.92. The number of benzene rings is 1. The van der Waals surface area contributed by atoms with Gasteiger partial charge in [-0.05, 0) is 38.1 Å². The standard InChI is InChI=1S/C15H22BrNO2/c1-17-14-7-2-3-8-15(14)19-10-9-18-13-6-4-5-12(16)11-13/h4-6,11,14-15,17H,2-3,7-10H2,1H3. The van der Waals surface area contributed by atoms with Gasteiger partial charge in [0.2, 0.25) is 0 Å². The lowest BCUT2D eigenvalue weighted by Crippen LogP contribution is -2.42. The Morgan fingerprint density at radius 3 is 2.89 bits per heavy atom. The van der Waals surface area contributed by atoms with Crippen molar-refractivity contribution in [1.29, 1.82) is 0 Å². The van der Waals surface area contributed by atoms with E-state index >= 15 is 0 Å². The van der Waals surface area contributed by atoms with Gasteiger partial charge in [0.15, 0.2) is 0 Å². The van der Waals surface area contributed by atoms with Gasteiger partial charge in [-0.25, -0.2) is 0 Å². The van der Waals surface area contributed by atoms with Crippen LogP contribution in [0.4, 0.5) is 0 Å². The van der Waals surface area contributed by atoms with E-state index in [0.29, 0.717) is 25.4 Å². The summed E-state index contributed by atoms with van der Waals surface area (Å²) in [7, 11) is 2.02. The maximum atomic E-state index is 5.94. The van der Waals surface area contributed by atoms with Crippen LogP contribution < -0.4 is 10.1 Å². The first-order valence-corrected chi connectivity index (χ1v) is 7.76. The van der Waals surface area contributed by atoms with Crippen LogP contribution in [0.15, 0.2) is 28.7 Å². The lowest BCUT2D eigenvalue weighted by atomic mass is 9.92. The van der Waals surface area contributed by atoms with E-state index in [4.69, 9.17) is 9.47 Å². The summed E-state index contributed by atoms with van der Waals surface area (Å²) < 4.78 is 12.6. The molecule has 1 aliphatic carbocycles. The number of hydrogen-bond acceptors (Lipinski definition) is 3. The first-order valence-electron chi connectivity index (χ1n) is 6.97. The van der Waals surface area contributed by atoms with Crippen LogP contribution in [0.3, 0.4) is 0 Å². The Labute approximate surface area is 123 Å². The first kappa shape index (κ1) is 14.8. The van der Waals surface area contributed by atoms with Gasteiger partial charge in [0.05, 0.1) is 12.7 Å². The average molecular weight is 328 g/mol. The lowest BCUT2D eigenvalue weighted by molar-refractivity contribution is -0.00562. The molecule has 0 aromatic heterocycles. The molecular weight excluding hydrogens is 306 g/mol. The molecule has 0 heterocycles. The van der Waals surface area contributed by atoms with Gasteiger partial charge < -0.3 is 14.8 Å². The van der Waals surface area contributed by atoms with Crippen LogP contribution in [0.5, 0.6) is 5.75 Å². The van der Waals surface area contributed by atoms with Gasteiger partial charge in [0.1, 0.15) is 12.4 Å². The van der Waals surface area contributed by atoms with E-state index < -0.39 is 0 Å². The van der Waals surface area contributed by atoms with Gasteiger partial charge in [0.25, 0.3) is 0 Å². The van der Waals surface area contributed by atoms with Crippen molar-refractivity contribution in [2.75, 3.05) is 20.3 Å². The topological polar surface area (TPSA) is 30.5 Å². The molecule has 2 atom stereocenters. The fraction of sp³-hybridized carbons (Fsp3) is 0.600. The number of likely N-dealkylation sites (N-methyl/N-ethyl adjacent to an activating group) is 1. The number of rotatable bonds is 6. The highest BCUT2D eigenvalue weighted by Crippen LogP contribution is 2.21. The van der Waals surface area contributed by atoms with Crippen molar-refractivity contribution in [2.24, 2.45) is 0 Å². The summed E-state index contributed by atoms with van der Waals surface area (Å²) in [5.74, 6) is 0.881. The van der Waals surface area contributed by atoms with Crippen molar-refractivity contribution >= 4 is 15.9 Å². The highest BCUT2D eigenvalue weighted by atomic mass is 79.9. The smallest absolute Gasteiger partial charge is 0.120 e. The van der Waals surface area contributed by atoms with E-state index in [1.54, 1.807) is 0 Å². The van der Waals surface area contributed by atoms with Crippen LogP contribution in [-0.2, 0) is 4.74 Å². The zero-order valence-electron chi connectivity index (χ0n) is 11.4. The molecule has 1 aromatic rings. The molecule has 1 N–H and O–H groups in total. The molecule has 1 aromatic carbocycles. The van der Waals surface area contributed by atoms with Crippen molar-refractivity contribution in [1.82, 2.24) is 5.32 Å². The fourth-order valence-electron chi connectivity index (χ4n) is 2.54. The SMILES string of the molecule is CNC1CCCCC1OCCOc1cccc(Br)c1. The molecule has 1 fully saturated rings. The van der Waals surface area contributed by atoms with E-state index in [1.807, 2.05) is 31.3 Å². The maximum absolute atomic E-state index is 5.94. The molecule has 19 heavy (non-hydrogen) atoms. The number of nitrogens with one attached hydrogen (secondary N) is 1. The molecule has 106 valence electrons. The van der Waals surface area contributed by atoms with Crippen molar-refractivity contribution in [2.45, 2.75) is 37.8 Å². The Balaban J connectivity index is 1.68. The monoisotopic (exact) mass is 327 g/mol. The molecule has 1 saturated carbocycles. The van der Waals surface area contributed by atoms with Gasteiger partial charge in [-0.3, -0.25) is 0 Å². The van der Waals surface area contributed by atoms with Crippen molar-refractivity contribution in [3.8, 4) is 5.75 Å². The molecule has 3 nitrogen and oxygen atoms in total. The summed E-state index contributed by atoms with van der Waals surface area (Å²) >= 11 is 3.43. The molecule has 0 amide bonds. The quantitative estimate of drug-likeness (QED) is 0.812. The van der Waals surface area contributed by atoms with Crippen LogP contribution in [0, 0.1) is 0 Å². The highest BCUT2D eigenvalue weighted by molar-refractivity contribution is 9.10. The number of hydrogen-bond donors (Lipinski definition) is 1.